The van der Waals surface area contributed by atoms with Gasteiger partial charge < -0.3 is 15.2 Å². The van der Waals surface area contributed by atoms with Crippen molar-refractivity contribution in [2.75, 3.05) is 13.7 Å². The van der Waals surface area contributed by atoms with Gasteiger partial charge in [0.25, 0.3) is 5.91 Å². The van der Waals surface area contributed by atoms with Gasteiger partial charge in [0.15, 0.2) is 0 Å². The van der Waals surface area contributed by atoms with Gasteiger partial charge in [0.1, 0.15) is 11.4 Å². The Hall–Kier alpha value is -2.34. The molecule has 1 aromatic carbocycles. The smallest absolute Gasteiger partial charge is 0.255 e. The molecule has 2 N–H and O–H groups in total. The number of benzene rings is 1. The molecular weight excluding hydrogens is 318 g/mol. The lowest BCUT2D eigenvalue weighted by Gasteiger charge is -2.25. The molecule has 6 nitrogen and oxygen atoms in total. The molecule has 1 saturated carbocycles. The zero-order valence-electron chi connectivity index (χ0n) is 14.7. The predicted octanol–water partition coefficient (Wildman–Crippen LogP) is 2.38. The first kappa shape index (κ1) is 17.5. The lowest BCUT2D eigenvalue weighted by atomic mass is 9.87. The normalized spacial score (nSPS) is 20.3. The van der Waals surface area contributed by atoms with Crippen LogP contribution in [-0.4, -0.2) is 40.6 Å². The Morgan fingerprint density at radius 1 is 1.40 bits per heavy atom. The second-order valence-electron chi connectivity index (χ2n) is 6.66. The van der Waals surface area contributed by atoms with E-state index < -0.39 is 0 Å². The molecule has 1 heterocycles. The number of amides is 1. The molecule has 2 unspecified atom stereocenters. The Kier molecular flexibility index (Phi) is 5.38. The minimum Gasteiger partial charge on any atom is -0.496 e. The van der Waals surface area contributed by atoms with E-state index in [1.165, 1.54) is 0 Å². The summed E-state index contributed by atoms with van der Waals surface area (Å²) in [6, 6.07) is 7.54. The molecule has 0 spiro atoms. The second-order valence-corrected chi connectivity index (χ2v) is 6.66. The largest absolute Gasteiger partial charge is 0.496 e. The molecule has 1 aliphatic carbocycles. The van der Waals surface area contributed by atoms with E-state index in [0.29, 0.717) is 29.5 Å². The van der Waals surface area contributed by atoms with Crippen LogP contribution in [0, 0.1) is 5.92 Å². The minimum atomic E-state index is -0.238. The number of hydrogen-bond donors (Lipinski definition) is 2. The Balaban J connectivity index is 1.77. The second kappa shape index (κ2) is 7.70. The summed E-state index contributed by atoms with van der Waals surface area (Å²) in [5, 5.41) is 17.2. The van der Waals surface area contributed by atoms with E-state index >= 15 is 0 Å². The van der Waals surface area contributed by atoms with Crippen molar-refractivity contribution < 1.29 is 14.6 Å². The van der Waals surface area contributed by atoms with Gasteiger partial charge in [-0.1, -0.05) is 18.6 Å². The summed E-state index contributed by atoms with van der Waals surface area (Å²) in [4.78, 5) is 12.7. The summed E-state index contributed by atoms with van der Waals surface area (Å²) in [5.41, 5.74) is 1.94. The molecule has 0 aliphatic heterocycles. The fourth-order valence-electron chi connectivity index (χ4n) is 3.47. The Labute approximate surface area is 147 Å². The highest BCUT2D eigenvalue weighted by atomic mass is 16.5. The molecule has 134 valence electrons. The molecule has 1 aromatic heterocycles. The van der Waals surface area contributed by atoms with Crippen LogP contribution in [0.3, 0.4) is 0 Å². The Morgan fingerprint density at radius 3 is 2.96 bits per heavy atom. The number of nitrogens with one attached hydrogen (secondary N) is 1. The topological polar surface area (TPSA) is 76.4 Å². The molecule has 1 fully saturated rings. The first-order valence-electron chi connectivity index (χ1n) is 8.71. The number of hydrogen-bond acceptors (Lipinski definition) is 4. The predicted molar refractivity (Wildman–Crippen MR) is 95.5 cm³/mol. The summed E-state index contributed by atoms with van der Waals surface area (Å²) in [7, 11) is 3.41. The lowest BCUT2D eigenvalue weighted by molar-refractivity contribution is 0.0874. The van der Waals surface area contributed by atoms with Gasteiger partial charge in [-0.25, -0.2) is 0 Å². The van der Waals surface area contributed by atoms with Crippen molar-refractivity contribution in [3.05, 3.63) is 36.0 Å². The maximum atomic E-state index is 12.7. The number of aliphatic hydroxyl groups is 1. The van der Waals surface area contributed by atoms with Crippen molar-refractivity contribution in [2.24, 2.45) is 13.0 Å². The van der Waals surface area contributed by atoms with Crippen LogP contribution in [0.1, 0.15) is 36.0 Å². The van der Waals surface area contributed by atoms with Gasteiger partial charge in [0.05, 0.1) is 18.8 Å². The van der Waals surface area contributed by atoms with Crippen molar-refractivity contribution in [1.29, 1.82) is 0 Å². The van der Waals surface area contributed by atoms with Crippen LogP contribution in [0.5, 0.6) is 5.75 Å². The minimum absolute atomic E-state index is 0.144. The number of methoxy groups -OCH3 is 1. The fourth-order valence-corrected chi connectivity index (χ4v) is 3.47. The summed E-state index contributed by atoms with van der Waals surface area (Å²) in [6.45, 7) is 0.580. The standard InChI is InChI=1S/C19H25N3O3/c1-22-12-16(18(21-22)15-8-3-4-9-17(15)25-2)19(24)20-11-13-6-5-7-14(23)10-13/h3-4,8-9,12-14,23H,5-7,10-11H2,1-2H3,(H,20,24). The molecule has 3 rings (SSSR count). The molecular formula is C19H25N3O3. The van der Waals surface area contributed by atoms with Gasteiger partial charge in [-0.05, 0) is 37.3 Å². The van der Waals surface area contributed by atoms with E-state index in [0.717, 1.165) is 31.2 Å². The summed E-state index contributed by atoms with van der Waals surface area (Å²) >= 11 is 0. The summed E-state index contributed by atoms with van der Waals surface area (Å²) < 4.78 is 7.04. The van der Waals surface area contributed by atoms with Crippen LogP contribution in [0.4, 0.5) is 0 Å². The van der Waals surface area contributed by atoms with Crippen molar-refractivity contribution in [2.45, 2.75) is 31.8 Å². The summed E-state index contributed by atoms with van der Waals surface area (Å²) in [6.07, 6.45) is 5.17. The molecule has 2 atom stereocenters. The maximum absolute atomic E-state index is 12.7. The molecule has 1 aliphatic rings. The monoisotopic (exact) mass is 343 g/mol. The third-order valence-electron chi connectivity index (χ3n) is 4.74. The highest BCUT2D eigenvalue weighted by Gasteiger charge is 2.23. The number of ether oxygens (including phenoxy) is 1. The van der Waals surface area contributed by atoms with Gasteiger partial charge in [-0.2, -0.15) is 5.10 Å². The third kappa shape index (κ3) is 4.02. The molecule has 6 heteroatoms. The van der Waals surface area contributed by atoms with Crippen LogP contribution in [0.2, 0.25) is 0 Å². The van der Waals surface area contributed by atoms with E-state index in [9.17, 15) is 9.90 Å². The number of aliphatic hydroxyl groups excluding tert-OH is 1. The van der Waals surface area contributed by atoms with Gasteiger partial charge in [-0.15, -0.1) is 0 Å². The maximum Gasteiger partial charge on any atom is 0.255 e. The quantitative estimate of drug-likeness (QED) is 0.874. The SMILES string of the molecule is COc1ccccc1-c1nn(C)cc1C(=O)NCC1CCCC(O)C1. The van der Waals surface area contributed by atoms with Gasteiger partial charge in [-0.3, -0.25) is 9.48 Å². The van der Waals surface area contributed by atoms with E-state index in [4.69, 9.17) is 4.74 Å². The lowest BCUT2D eigenvalue weighted by Crippen LogP contribution is -2.33. The highest BCUT2D eigenvalue weighted by Crippen LogP contribution is 2.31. The van der Waals surface area contributed by atoms with Crippen LogP contribution < -0.4 is 10.1 Å². The Morgan fingerprint density at radius 2 is 2.20 bits per heavy atom. The van der Waals surface area contributed by atoms with Crippen molar-refractivity contribution in [3.8, 4) is 17.0 Å². The van der Waals surface area contributed by atoms with Crippen molar-refractivity contribution in [1.82, 2.24) is 15.1 Å². The van der Waals surface area contributed by atoms with Gasteiger partial charge >= 0.3 is 0 Å². The zero-order valence-corrected chi connectivity index (χ0v) is 14.7. The van der Waals surface area contributed by atoms with Gasteiger partial charge in [0, 0.05) is 25.4 Å². The average Bonchev–Trinajstić information content (AvgIpc) is 3.01. The molecule has 25 heavy (non-hydrogen) atoms. The fraction of sp³-hybridized carbons (Fsp3) is 0.474. The number of carbonyl (C=O) groups excluding carboxylic acids is 1. The molecule has 2 aromatic rings. The molecule has 0 saturated heterocycles. The van der Waals surface area contributed by atoms with Crippen LogP contribution >= 0.6 is 0 Å². The number of rotatable bonds is 5. The molecule has 0 bridgehead atoms. The van der Waals surface area contributed by atoms with E-state index in [1.807, 2.05) is 24.3 Å². The first-order valence-corrected chi connectivity index (χ1v) is 8.71. The average molecular weight is 343 g/mol. The number of aryl methyl sites for hydroxylation is 1. The van der Waals surface area contributed by atoms with Crippen molar-refractivity contribution in [3.63, 3.8) is 0 Å². The van der Waals surface area contributed by atoms with E-state index in [1.54, 1.807) is 25.0 Å². The van der Waals surface area contributed by atoms with Gasteiger partial charge in [0.2, 0.25) is 0 Å². The zero-order chi connectivity index (χ0) is 17.8. The number of para-hydroxylation sites is 1. The number of aromatic nitrogens is 2. The van der Waals surface area contributed by atoms with Crippen LogP contribution in [0.25, 0.3) is 11.3 Å². The highest BCUT2D eigenvalue weighted by molar-refractivity contribution is 6.00. The first-order chi connectivity index (χ1) is 12.1. The van der Waals surface area contributed by atoms with Crippen LogP contribution in [0.15, 0.2) is 30.5 Å². The number of nitrogens with zero attached hydrogens (tertiary/aromatic N) is 2. The van der Waals surface area contributed by atoms with E-state index in [-0.39, 0.29) is 12.0 Å². The van der Waals surface area contributed by atoms with Crippen LogP contribution in [-0.2, 0) is 7.05 Å². The molecule has 1 amide bonds. The summed E-state index contributed by atoms with van der Waals surface area (Å²) in [5.74, 6) is 0.874. The van der Waals surface area contributed by atoms with Crippen molar-refractivity contribution >= 4 is 5.91 Å². The Bertz CT molecular complexity index is 741. The molecule has 0 radical (unpaired) electrons. The third-order valence-corrected chi connectivity index (χ3v) is 4.74. The number of carbonyl (C=O) groups is 1. The van der Waals surface area contributed by atoms with E-state index in [2.05, 4.69) is 10.4 Å².